The van der Waals surface area contributed by atoms with Crippen LogP contribution in [0.25, 0.3) is 0 Å². The molecule has 3 N–H and O–H groups in total. The minimum atomic E-state index is -0.136. The van der Waals surface area contributed by atoms with Crippen LogP contribution < -0.4 is 11.1 Å². The molecule has 19 heavy (non-hydrogen) atoms. The van der Waals surface area contributed by atoms with Crippen LogP contribution in [0.5, 0.6) is 0 Å². The standard InChI is InChI=1S/C15H17N3O/c1-10-5-6-12(8-14(10)16)15(19)18-11(2)13-4-3-7-17-9-13/h3-9,11H,16H2,1-2H3,(H,18,19). The molecule has 4 heteroatoms. The first-order valence-corrected chi connectivity index (χ1v) is 6.15. The Morgan fingerprint density at radius 1 is 1.37 bits per heavy atom. The summed E-state index contributed by atoms with van der Waals surface area (Å²) in [7, 11) is 0. The largest absolute Gasteiger partial charge is 0.398 e. The van der Waals surface area contributed by atoms with Crippen LogP contribution in [-0.2, 0) is 0 Å². The zero-order chi connectivity index (χ0) is 13.8. The number of hydrogen-bond donors (Lipinski definition) is 2. The molecule has 0 saturated heterocycles. The van der Waals surface area contributed by atoms with Gasteiger partial charge in [-0.1, -0.05) is 12.1 Å². The Labute approximate surface area is 112 Å². The first-order valence-electron chi connectivity index (χ1n) is 6.15. The fourth-order valence-electron chi connectivity index (χ4n) is 1.78. The molecule has 0 aliphatic heterocycles. The zero-order valence-corrected chi connectivity index (χ0v) is 11.1. The molecule has 0 fully saturated rings. The van der Waals surface area contributed by atoms with Crippen LogP contribution >= 0.6 is 0 Å². The third-order valence-electron chi connectivity index (χ3n) is 3.07. The molecule has 0 saturated carbocycles. The number of rotatable bonds is 3. The molecule has 0 aliphatic rings. The van der Waals surface area contributed by atoms with E-state index in [1.165, 1.54) is 0 Å². The molecule has 2 rings (SSSR count). The van der Waals surface area contributed by atoms with Crippen molar-refractivity contribution in [2.24, 2.45) is 0 Å². The second-order valence-electron chi connectivity index (χ2n) is 4.55. The van der Waals surface area contributed by atoms with Crippen molar-refractivity contribution in [3.63, 3.8) is 0 Å². The molecular weight excluding hydrogens is 238 g/mol. The lowest BCUT2D eigenvalue weighted by Crippen LogP contribution is -2.26. The van der Waals surface area contributed by atoms with Gasteiger partial charge < -0.3 is 11.1 Å². The summed E-state index contributed by atoms with van der Waals surface area (Å²) in [5.74, 6) is -0.136. The van der Waals surface area contributed by atoms with Gasteiger partial charge in [0.25, 0.3) is 5.91 Å². The predicted octanol–water partition coefficient (Wildman–Crippen LogP) is 2.46. The highest BCUT2D eigenvalue weighted by Gasteiger charge is 2.12. The molecule has 4 nitrogen and oxygen atoms in total. The molecule has 1 aromatic carbocycles. The number of anilines is 1. The number of nitrogens with zero attached hydrogens (tertiary/aromatic N) is 1. The SMILES string of the molecule is Cc1ccc(C(=O)NC(C)c2cccnc2)cc1N. The van der Waals surface area contributed by atoms with E-state index in [1.54, 1.807) is 24.5 Å². The summed E-state index contributed by atoms with van der Waals surface area (Å²) in [5, 5.41) is 2.92. The average molecular weight is 255 g/mol. The summed E-state index contributed by atoms with van der Waals surface area (Å²) in [6.07, 6.45) is 3.45. The molecule has 1 amide bonds. The summed E-state index contributed by atoms with van der Waals surface area (Å²) in [6, 6.07) is 9.00. The van der Waals surface area contributed by atoms with Gasteiger partial charge >= 0.3 is 0 Å². The Kier molecular flexibility index (Phi) is 3.80. The summed E-state index contributed by atoms with van der Waals surface area (Å²) in [5.41, 5.74) is 8.94. The van der Waals surface area contributed by atoms with Crippen LogP contribution in [0.15, 0.2) is 42.7 Å². The minimum absolute atomic E-state index is 0.0938. The highest BCUT2D eigenvalue weighted by Crippen LogP contribution is 2.15. The van der Waals surface area contributed by atoms with Gasteiger partial charge in [-0.25, -0.2) is 0 Å². The molecule has 1 atom stereocenters. The number of aryl methyl sites for hydroxylation is 1. The number of pyridine rings is 1. The van der Waals surface area contributed by atoms with Gasteiger partial charge in [-0.05, 0) is 43.2 Å². The molecule has 98 valence electrons. The van der Waals surface area contributed by atoms with E-state index in [1.807, 2.05) is 32.0 Å². The first kappa shape index (κ1) is 13.1. The van der Waals surface area contributed by atoms with E-state index < -0.39 is 0 Å². The number of nitrogens with two attached hydrogens (primary N) is 1. The summed E-state index contributed by atoms with van der Waals surface area (Å²) in [4.78, 5) is 16.1. The maximum absolute atomic E-state index is 12.1. The molecular formula is C15H17N3O. The number of hydrogen-bond acceptors (Lipinski definition) is 3. The van der Waals surface area contributed by atoms with E-state index in [2.05, 4.69) is 10.3 Å². The van der Waals surface area contributed by atoms with Crippen molar-refractivity contribution in [1.82, 2.24) is 10.3 Å². The van der Waals surface area contributed by atoms with Gasteiger partial charge in [0.15, 0.2) is 0 Å². The second kappa shape index (κ2) is 5.52. The van der Waals surface area contributed by atoms with Crippen molar-refractivity contribution in [2.75, 3.05) is 5.73 Å². The smallest absolute Gasteiger partial charge is 0.251 e. The monoisotopic (exact) mass is 255 g/mol. The van der Waals surface area contributed by atoms with Gasteiger partial charge in [-0.3, -0.25) is 9.78 Å². The quantitative estimate of drug-likeness (QED) is 0.828. The second-order valence-corrected chi connectivity index (χ2v) is 4.55. The van der Waals surface area contributed by atoms with Gasteiger partial charge in [0, 0.05) is 23.6 Å². The maximum Gasteiger partial charge on any atom is 0.251 e. The van der Waals surface area contributed by atoms with Crippen LogP contribution in [-0.4, -0.2) is 10.9 Å². The van der Waals surface area contributed by atoms with E-state index in [-0.39, 0.29) is 11.9 Å². The Morgan fingerprint density at radius 3 is 2.79 bits per heavy atom. The van der Waals surface area contributed by atoms with Crippen molar-refractivity contribution >= 4 is 11.6 Å². The van der Waals surface area contributed by atoms with Gasteiger partial charge in [-0.2, -0.15) is 0 Å². The fourth-order valence-corrected chi connectivity index (χ4v) is 1.78. The fraction of sp³-hybridized carbons (Fsp3) is 0.200. The highest BCUT2D eigenvalue weighted by atomic mass is 16.1. The van der Waals surface area contributed by atoms with E-state index in [0.717, 1.165) is 11.1 Å². The lowest BCUT2D eigenvalue weighted by Gasteiger charge is -2.14. The van der Waals surface area contributed by atoms with Gasteiger partial charge in [0.1, 0.15) is 0 Å². The maximum atomic E-state index is 12.1. The van der Waals surface area contributed by atoms with Crippen LogP contribution in [0.2, 0.25) is 0 Å². The summed E-state index contributed by atoms with van der Waals surface area (Å²) >= 11 is 0. The van der Waals surface area contributed by atoms with Crippen LogP contribution in [0.1, 0.15) is 34.5 Å². The number of benzene rings is 1. The van der Waals surface area contributed by atoms with Crippen molar-refractivity contribution in [3.05, 3.63) is 59.4 Å². The van der Waals surface area contributed by atoms with E-state index in [0.29, 0.717) is 11.3 Å². The Hall–Kier alpha value is -2.36. The molecule has 1 aromatic heterocycles. The van der Waals surface area contributed by atoms with Crippen molar-refractivity contribution in [3.8, 4) is 0 Å². The van der Waals surface area contributed by atoms with Gasteiger partial charge in [0.05, 0.1) is 6.04 Å². The van der Waals surface area contributed by atoms with Crippen molar-refractivity contribution < 1.29 is 4.79 Å². The predicted molar refractivity (Wildman–Crippen MR) is 75.7 cm³/mol. The number of carbonyl (C=O) groups is 1. The molecule has 1 heterocycles. The van der Waals surface area contributed by atoms with E-state index in [9.17, 15) is 4.79 Å². The van der Waals surface area contributed by atoms with Crippen LogP contribution in [0, 0.1) is 6.92 Å². The summed E-state index contributed by atoms with van der Waals surface area (Å²) in [6.45, 7) is 3.84. The van der Waals surface area contributed by atoms with Crippen molar-refractivity contribution in [2.45, 2.75) is 19.9 Å². The minimum Gasteiger partial charge on any atom is -0.398 e. The van der Waals surface area contributed by atoms with Gasteiger partial charge in [-0.15, -0.1) is 0 Å². The molecule has 1 unspecified atom stereocenters. The lowest BCUT2D eigenvalue weighted by atomic mass is 10.1. The normalized spacial score (nSPS) is 11.9. The number of nitrogen functional groups attached to an aromatic ring is 1. The van der Waals surface area contributed by atoms with E-state index >= 15 is 0 Å². The number of amides is 1. The Balaban J connectivity index is 2.11. The third kappa shape index (κ3) is 3.10. The third-order valence-corrected chi connectivity index (χ3v) is 3.07. The molecule has 0 radical (unpaired) electrons. The Bertz CT molecular complexity index is 581. The average Bonchev–Trinajstić information content (AvgIpc) is 2.42. The molecule has 2 aromatic rings. The van der Waals surface area contributed by atoms with Crippen LogP contribution in [0.4, 0.5) is 5.69 Å². The number of carbonyl (C=O) groups excluding carboxylic acids is 1. The van der Waals surface area contributed by atoms with Crippen molar-refractivity contribution in [1.29, 1.82) is 0 Å². The summed E-state index contributed by atoms with van der Waals surface area (Å²) < 4.78 is 0. The topological polar surface area (TPSA) is 68.0 Å². The highest BCUT2D eigenvalue weighted by molar-refractivity contribution is 5.95. The first-order chi connectivity index (χ1) is 9.08. The zero-order valence-electron chi connectivity index (χ0n) is 11.1. The lowest BCUT2D eigenvalue weighted by molar-refractivity contribution is 0.0940. The molecule has 0 bridgehead atoms. The number of aromatic nitrogens is 1. The number of nitrogens with one attached hydrogen (secondary N) is 1. The van der Waals surface area contributed by atoms with Crippen LogP contribution in [0.3, 0.4) is 0 Å². The van der Waals surface area contributed by atoms with Gasteiger partial charge in [0.2, 0.25) is 0 Å². The van der Waals surface area contributed by atoms with E-state index in [4.69, 9.17) is 5.73 Å². The molecule has 0 spiro atoms. The Morgan fingerprint density at radius 2 is 2.16 bits per heavy atom. The molecule has 0 aliphatic carbocycles.